The summed E-state index contributed by atoms with van der Waals surface area (Å²) >= 11 is 5.93. The molecule has 3 nitrogen and oxygen atoms in total. The standard InChI is InChI=1S/C16H23ClN2O/c1-11-7-12(2)10-19(9-11)13(3)16(20)18-15-6-4-5-14(17)8-15/h4-6,8,11-13H,7,9-10H2,1-3H3,(H,18,20). The summed E-state index contributed by atoms with van der Waals surface area (Å²) in [6, 6.07) is 7.16. The van der Waals surface area contributed by atoms with Crippen LogP contribution in [-0.4, -0.2) is 29.9 Å². The molecular formula is C16H23ClN2O. The number of amides is 1. The van der Waals surface area contributed by atoms with Crippen LogP contribution in [0.15, 0.2) is 24.3 Å². The van der Waals surface area contributed by atoms with Crippen molar-refractivity contribution in [2.45, 2.75) is 33.2 Å². The minimum absolute atomic E-state index is 0.0357. The van der Waals surface area contributed by atoms with Crippen molar-refractivity contribution in [3.05, 3.63) is 29.3 Å². The number of nitrogens with zero attached hydrogens (tertiary/aromatic N) is 1. The summed E-state index contributed by atoms with van der Waals surface area (Å²) in [5, 5.41) is 3.58. The number of benzene rings is 1. The van der Waals surface area contributed by atoms with Gasteiger partial charge >= 0.3 is 0 Å². The van der Waals surface area contributed by atoms with Crippen molar-refractivity contribution in [2.24, 2.45) is 11.8 Å². The van der Waals surface area contributed by atoms with Gasteiger partial charge in [-0.3, -0.25) is 9.69 Å². The van der Waals surface area contributed by atoms with Crippen molar-refractivity contribution in [2.75, 3.05) is 18.4 Å². The average Bonchev–Trinajstić information content (AvgIpc) is 2.36. The number of halogens is 1. The van der Waals surface area contributed by atoms with Gasteiger partial charge in [-0.15, -0.1) is 0 Å². The van der Waals surface area contributed by atoms with Gasteiger partial charge in [-0.25, -0.2) is 0 Å². The zero-order valence-corrected chi connectivity index (χ0v) is 13.2. The van der Waals surface area contributed by atoms with E-state index in [1.165, 1.54) is 6.42 Å². The van der Waals surface area contributed by atoms with Crippen LogP contribution in [0.25, 0.3) is 0 Å². The van der Waals surface area contributed by atoms with Crippen molar-refractivity contribution in [1.82, 2.24) is 4.90 Å². The third kappa shape index (κ3) is 3.97. The van der Waals surface area contributed by atoms with Crippen LogP contribution in [0.1, 0.15) is 27.2 Å². The Hall–Kier alpha value is -1.06. The number of rotatable bonds is 3. The van der Waals surface area contributed by atoms with E-state index in [0.29, 0.717) is 16.9 Å². The number of likely N-dealkylation sites (tertiary alicyclic amines) is 1. The summed E-state index contributed by atoms with van der Waals surface area (Å²) in [7, 11) is 0. The van der Waals surface area contributed by atoms with Gasteiger partial charge in [-0.05, 0) is 43.4 Å². The fourth-order valence-electron chi connectivity index (χ4n) is 3.01. The number of hydrogen-bond donors (Lipinski definition) is 1. The van der Waals surface area contributed by atoms with E-state index in [9.17, 15) is 4.79 Å². The van der Waals surface area contributed by atoms with Gasteiger partial charge < -0.3 is 5.32 Å². The topological polar surface area (TPSA) is 32.3 Å². The minimum atomic E-state index is -0.112. The Bertz CT molecular complexity index is 467. The number of nitrogens with one attached hydrogen (secondary N) is 1. The summed E-state index contributed by atoms with van der Waals surface area (Å²) in [6.07, 6.45) is 1.25. The van der Waals surface area contributed by atoms with Crippen molar-refractivity contribution < 1.29 is 4.79 Å². The number of hydrogen-bond acceptors (Lipinski definition) is 2. The van der Waals surface area contributed by atoms with Crippen molar-refractivity contribution >= 4 is 23.2 Å². The Morgan fingerprint density at radius 3 is 2.60 bits per heavy atom. The third-order valence-electron chi connectivity index (χ3n) is 3.92. The predicted molar refractivity (Wildman–Crippen MR) is 84.1 cm³/mol. The highest BCUT2D eigenvalue weighted by Crippen LogP contribution is 2.23. The maximum atomic E-state index is 12.3. The smallest absolute Gasteiger partial charge is 0.241 e. The molecule has 1 aromatic rings. The fraction of sp³-hybridized carbons (Fsp3) is 0.562. The third-order valence-corrected chi connectivity index (χ3v) is 4.15. The zero-order chi connectivity index (χ0) is 14.7. The molecule has 3 atom stereocenters. The zero-order valence-electron chi connectivity index (χ0n) is 12.4. The van der Waals surface area contributed by atoms with E-state index in [-0.39, 0.29) is 11.9 Å². The normalized spacial score (nSPS) is 25.2. The van der Waals surface area contributed by atoms with Gasteiger partial charge in [0.15, 0.2) is 0 Å². The van der Waals surface area contributed by atoms with Gasteiger partial charge in [-0.1, -0.05) is 31.5 Å². The van der Waals surface area contributed by atoms with Crippen LogP contribution in [0.4, 0.5) is 5.69 Å². The Morgan fingerprint density at radius 2 is 2.00 bits per heavy atom. The molecule has 4 heteroatoms. The van der Waals surface area contributed by atoms with E-state index in [1.807, 2.05) is 19.1 Å². The molecule has 2 rings (SSSR count). The molecule has 0 radical (unpaired) electrons. The molecule has 1 amide bonds. The van der Waals surface area contributed by atoms with E-state index < -0.39 is 0 Å². The Kier molecular flexibility index (Phi) is 5.06. The van der Waals surface area contributed by atoms with Crippen LogP contribution in [0.5, 0.6) is 0 Å². The maximum Gasteiger partial charge on any atom is 0.241 e. The fourth-order valence-corrected chi connectivity index (χ4v) is 3.20. The summed E-state index contributed by atoms with van der Waals surface area (Å²) in [4.78, 5) is 14.6. The van der Waals surface area contributed by atoms with Crippen molar-refractivity contribution in [1.29, 1.82) is 0 Å². The highest BCUT2D eigenvalue weighted by atomic mass is 35.5. The Balaban J connectivity index is 1.98. The van der Waals surface area contributed by atoms with Crippen LogP contribution in [0.3, 0.4) is 0 Å². The molecule has 110 valence electrons. The van der Waals surface area contributed by atoms with Crippen LogP contribution in [0.2, 0.25) is 5.02 Å². The second-order valence-electron chi connectivity index (χ2n) is 6.08. The summed E-state index contributed by atoms with van der Waals surface area (Å²) in [5.41, 5.74) is 0.757. The molecule has 1 saturated heterocycles. The van der Waals surface area contributed by atoms with Gasteiger partial charge in [0, 0.05) is 23.8 Å². The highest BCUT2D eigenvalue weighted by molar-refractivity contribution is 6.30. The summed E-state index contributed by atoms with van der Waals surface area (Å²) < 4.78 is 0. The molecule has 0 bridgehead atoms. The van der Waals surface area contributed by atoms with Gasteiger partial charge in [0.05, 0.1) is 6.04 Å². The lowest BCUT2D eigenvalue weighted by Crippen LogP contribution is -2.48. The van der Waals surface area contributed by atoms with E-state index >= 15 is 0 Å². The molecule has 0 spiro atoms. The number of carbonyl (C=O) groups excluding carboxylic acids is 1. The van der Waals surface area contributed by atoms with Crippen LogP contribution in [-0.2, 0) is 4.79 Å². The van der Waals surface area contributed by atoms with Crippen molar-refractivity contribution in [3.8, 4) is 0 Å². The number of piperidine rings is 1. The second kappa shape index (κ2) is 6.59. The van der Waals surface area contributed by atoms with Gasteiger partial charge in [0.25, 0.3) is 0 Å². The van der Waals surface area contributed by atoms with Crippen LogP contribution in [0, 0.1) is 11.8 Å². The maximum absolute atomic E-state index is 12.3. The molecule has 1 N–H and O–H groups in total. The number of carbonyl (C=O) groups is 1. The highest BCUT2D eigenvalue weighted by Gasteiger charge is 2.28. The van der Waals surface area contributed by atoms with Gasteiger partial charge in [0.2, 0.25) is 5.91 Å². The predicted octanol–water partition coefficient (Wildman–Crippen LogP) is 3.64. The lowest BCUT2D eigenvalue weighted by Gasteiger charge is -2.38. The lowest BCUT2D eigenvalue weighted by molar-refractivity contribution is -0.121. The molecule has 1 aliphatic heterocycles. The van der Waals surface area contributed by atoms with Gasteiger partial charge in [0.1, 0.15) is 0 Å². The van der Waals surface area contributed by atoms with E-state index in [4.69, 9.17) is 11.6 Å². The first-order valence-electron chi connectivity index (χ1n) is 7.26. The quantitative estimate of drug-likeness (QED) is 0.923. The lowest BCUT2D eigenvalue weighted by atomic mass is 9.91. The van der Waals surface area contributed by atoms with Gasteiger partial charge in [-0.2, -0.15) is 0 Å². The van der Waals surface area contributed by atoms with E-state index in [2.05, 4.69) is 24.1 Å². The number of anilines is 1. The molecule has 0 saturated carbocycles. The first-order chi connectivity index (χ1) is 9.45. The first kappa shape index (κ1) is 15.3. The molecular weight excluding hydrogens is 272 g/mol. The Morgan fingerprint density at radius 1 is 1.35 bits per heavy atom. The molecule has 1 aliphatic rings. The molecule has 1 heterocycles. The van der Waals surface area contributed by atoms with Crippen molar-refractivity contribution in [3.63, 3.8) is 0 Å². The molecule has 20 heavy (non-hydrogen) atoms. The van der Waals surface area contributed by atoms with E-state index in [1.54, 1.807) is 12.1 Å². The van der Waals surface area contributed by atoms with Crippen LogP contribution < -0.4 is 5.32 Å². The molecule has 0 aromatic heterocycles. The average molecular weight is 295 g/mol. The molecule has 3 unspecified atom stereocenters. The molecule has 1 aromatic carbocycles. The Labute approximate surface area is 126 Å². The summed E-state index contributed by atoms with van der Waals surface area (Å²) in [6.45, 7) is 8.47. The van der Waals surface area contributed by atoms with E-state index in [0.717, 1.165) is 18.8 Å². The monoisotopic (exact) mass is 294 g/mol. The molecule has 0 aliphatic carbocycles. The second-order valence-corrected chi connectivity index (χ2v) is 6.51. The largest absolute Gasteiger partial charge is 0.325 e. The minimum Gasteiger partial charge on any atom is -0.325 e. The SMILES string of the molecule is CC1CC(C)CN(C(C)C(=O)Nc2cccc(Cl)c2)C1. The first-order valence-corrected chi connectivity index (χ1v) is 7.64. The van der Waals surface area contributed by atoms with Crippen LogP contribution >= 0.6 is 11.6 Å². The molecule has 1 fully saturated rings. The summed E-state index contributed by atoms with van der Waals surface area (Å²) in [5.74, 6) is 1.34.